The molecule has 0 spiro atoms. The van der Waals surface area contributed by atoms with Crippen LogP contribution in [0, 0.1) is 0 Å². The van der Waals surface area contributed by atoms with Gasteiger partial charge in [0.2, 0.25) is 0 Å². The van der Waals surface area contributed by atoms with Crippen LogP contribution in [0.1, 0.15) is 6.92 Å². The number of fused-ring (bicyclic) bond motifs is 8. The molecule has 0 amide bonds. The van der Waals surface area contributed by atoms with Crippen LogP contribution in [0.15, 0.2) is 114 Å². The molecule has 8 aromatic rings. The molecule has 3 aromatic heterocycles. The zero-order valence-electron chi connectivity index (χ0n) is 20.8. The normalized spacial score (nSPS) is 11.9. The molecule has 0 bridgehead atoms. The quantitative estimate of drug-likeness (QED) is 0.233. The standard InChI is InChI=1S/C34H23N3O/c1-2-37-29-13-7-6-12-28(29)36-34(37)22-17-15-21(16-18-22)32-26-20-19-24-23-9-4-8-14-30(23)38-33(24)31(26)25-10-3-5-11-27(25)35-32/h3-20H,2H2,1H3. The summed E-state index contributed by atoms with van der Waals surface area (Å²) in [6.45, 7) is 3.03. The first kappa shape index (κ1) is 21.2. The first-order chi connectivity index (χ1) is 18.8. The van der Waals surface area contributed by atoms with Crippen LogP contribution in [0.5, 0.6) is 0 Å². The van der Waals surface area contributed by atoms with E-state index in [-0.39, 0.29) is 0 Å². The van der Waals surface area contributed by atoms with Crippen LogP contribution in [0.2, 0.25) is 0 Å². The van der Waals surface area contributed by atoms with Crippen molar-refractivity contribution in [1.82, 2.24) is 14.5 Å². The van der Waals surface area contributed by atoms with Gasteiger partial charge in [0.25, 0.3) is 0 Å². The molecule has 0 saturated carbocycles. The molecule has 0 atom stereocenters. The van der Waals surface area contributed by atoms with Gasteiger partial charge in [0.15, 0.2) is 0 Å². The second-order valence-electron chi connectivity index (χ2n) is 9.69. The van der Waals surface area contributed by atoms with Crippen molar-refractivity contribution in [3.05, 3.63) is 109 Å². The summed E-state index contributed by atoms with van der Waals surface area (Å²) in [7, 11) is 0. The maximum Gasteiger partial charge on any atom is 0.144 e. The monoisotopic (exact) mass is 489 g/mol. The zero-order valence-corrected chi connectivity index (χ0v) is 20.8. The molecule has 3 heterocycles. The minimum Gasteiger partial charge on any atom is -0.455 e. The van der Waals surface area contributed by atoms with Crippen LogP contribution in [-0.4, -0.2) is 14.5 Å². The van der Waals surface area contributed by atoms with Gasteiger partial charge in [-0.15, -0.1) is 0 Å². The number of imidazole rings is 1. The summed E-state index contributed by atoms with van der Waals surface area (Å²) in [5.74, 6) is 0.987. The predicted octanol–water partition coefficient (Wildman–Crippen LogP) is 8.99. The molecule has 38 heavy (non-hydrogen) atoms. The average molecular weight is 490 g/mol. The van der Waals surface area contributed by atoms with Crippen LogP contribution < -0.4 is 0 Å². The van der Waals surface area contributed by atoms with Crippen molar-refractivity contribution in [3.63, 3.8) is 0 Å². The third-order valence-corrected chi connectivity index (χ3v) is 7.60. The number of hydrogen-bond donors (Lipinski definition) is 0. The number of para-hydroxylation sites is 4. The molecular weight excluding hydrogens is 466 g/mol. The molecule has 8 rings (SSSR count). The predicted molar refractivity (Wildman–Crippen MR) is 156 cm³/mol. The highest BCUT2D eigenvalue weighted by Gasteiger charge is 2.17. The fraction of sp³-hybridized carbons (Fsp3) is 0.0588. The van der Waals surface area contributed by atoms with E-state index >= 15 is 0 Å². The molecule has 0 N–H and O–H groups in total. The Labute approximate surface area is 218 Å². The molecule has 0 radical (unpaired) electrons. The molecule has 4 nitrogen and oxygen atoms in total. The topological polar surface area (TPSA) is 43.9 Å². The van der Waals surface area contributed by atoms with Gasteiger partial charge in [-0.1, -0.05) is 78.9 Å². The Morgan fingerprint density at radius 2 is 1.29 bits per heavy atom. The summed E-state index contributed by atoms with van der Waals surface area (Å²) in [6.07, 6.45) is 0. The largest absolute Gasteiger partial charge is 0.455 e. The lowest BCUT2D eigenvalue weighted by Crippen LogP contribution is -1.97. The van der Waals surface area contributed by atoms with E-state index in [1.807, 2.05) is 24.3 Å². The number of nitrogens with zero attached hydrogens (tertiary/aromatic N) is 3. The van der Waals surface area contributed by atoms with Crippen molar-refractivity contribution in [1.29, 1.82) is 0 Å². The van der Waals surface area contributed by atoms with Gasteiger partial charge in [-0.25, -0.2) is 9.97 Å². The van der Waals surface area contributed by atoms with E-state index < -0.39 is 0 Å². The van der Waals surface area contributed by atoms with Crippen LogP contribution in [-0.2, 0) is 6.54 Å². The number of benzene rings is 5. The summed E-state index contributed by atoms with van der Waals surface area (Å²) in [6, 6.07) is 37.9. The van der Waals surface area contributed by atoms with Gasteiger partial charge in [-0.3, -0.25) is 0 Å². The maximum absolute atomic E-state index is 6.46. The van der Waals surface area contributed by atoms with Gasteiger partial charge in [-0.05, 0) is 37.3 Å². The SMILES string of the molecule is CCn1c(-c2ccc(-c3nc4ccccc4c4c3ccc3c5ccccc5oc34)cc2)nc2ccccc21. The molecule has 0 unspecified atom stereocenters. The van der Waals surface area contributed by atoms with Crippen molar-refractivity contribution in [2.75, 3.05) is 0 Å². The average Bonchev–Trinajstić information content (AvgIpc) is 3.55. The summed E-state index contributed by atoms with van der Waals surface area (Å²) in [5.41, 5.74) is 8.07. The van der Waals surface area contributed by atoms with E-state index in [1.54, 1.807) is 0 Å². The number of hydrogen-bond acceptors (Lipinski definition) is 3. The third kappa shape index (κ3) is 2.97. The Bertz CT molecular complexity index is 2170. The molecular formula is C34H23N3O. The summed E-state index contributed by atoms with van der Waals surface area (Å²) in [5, 5.41) is 5.56. The molecule has 0 saturated heterocycles. The van der Waals surface area contributed by atoms with Crippen LogP contribution in [0.4, 0.5) is 0 Å². The first-order valence-electron chi connectivity index (χ1n) is 13.0. The third-order valence-electron chi connectivity index (χ3n) is 7.60. The lowest BCUT2D eigenvalue weighted by atomic mass is 9.97. The Morgan fingerprint density at radius 3 is 2.13 bits per heavy atom. The molecule has 0 fully saturated rings. The van der Waals surface area contributed by atoms with Crippen molar-refractivity contribution in [2.24, 2.45) is 0 Å². The van der Waals surface area contributed by atoms with Crippen LogP contribution in [0.25, 0.3) is 77.3 Å². The maximum atomic E-state index is 6.46. The van der Waals surface area contributed by atoms with E-state index in [4.69, 9.17) is 14.4 Å². The van der Waals surface area contributed by atoms with Crippen LogP contribution >= 0.6 is 0 Å². The number of aromatic nitrogens is 3. The van der Waals surface area contributed by atoms with Gasteiger partial charge >= 0.3 is 0 Å². The van der Waals surface area contributed by atoms with E-state index in [2.05, 4.69) is 96.4 Å². The molecule has 180 valence electrons. The minimum atomic E-state index is 0.863. The summed E-state index contributed by atoms with van der Waals surface area (Å²) < 4.78 is 8.73. The van der Waals surface area contributed by atoms with Crippen LogP contribution in [0.3, 0.4) is 0 Å². The number of rotatable bonds is 3. The Kier molecular flexibility index (Phi) is 4.47. The minimum absolute atomic E-state index is 0.863. The number of pyridine rings is 1. The summed E-state index contributed by atoms with van der Waals surface area (Å²) in [4.78, 5) is 10.1. The fourth-order valence-electron chi connectivity index (χ4n) is 5.83. The van der Waals surface area contributed by atoms with Crippen molar-refractivity contribution in [2.45, 2.75) is 13.5 Å². The van der Waals surface area contributed by atoms with Gasteiger partial charge in [0.1, 0.15) is 17.0 Å². The molecule has 0 aliphatic rings. The molecule has 4 heteroatoms. The highest BCUT2D eigenvalue weighted by atomic mass is 16.3. The van der Waals surface area contributed by atoms with E-state index in [1.165, 1.54) is 0 Å². The van der Waals surface area contributed by atoms with Gasteiger partial charge in [0.05, 0.1) is 22.2 Å². The summed E-state index contributed by atoms with van der Waals surface area (Å²) >= 11 is 0. The first-order valence-corrected chi connectivity index (χ1v) is 13.0. The number of furan rings is 1. The van der Waals surface area contributed by atoms with Crippen molar-refractivity contribution in [3.8, 4) is 22.6 Å². The molecule has 0 aliphatic carbocycles. The Balaban J connectivity index is 1.36. The molecule has 0 aliphatic heterocycles. The highest BCUT2D eigenvalue weighted by Crippen LogP contribution is 2.40. The van der Waals surface area contributed by atoms with Gasteiger partial charge in [0, 0.05) is 44.6 Å². The van der Waals surface area contributed by atoms with Gasteiger partial charge < -0.3 is 8.98 Å². The second-order valence-corrected chi connectivity index (χ2v) is 9.69. The lowest BCUT2D eigenvalue weighted by molar-refractivity contribution is 0.673. The van der Waals surface area contributed by atoms with E-state index in [0.717, 1.165) is 83.8 Å². The lowest BCUT2D eigenvalue weighted by Gasteiger charge is -2.11. The fourth-order valence-corrected chi connectivity index (χ4v) is 5.83. The number of aryl methyl sites for hydroxylation is 1. The highest BCUT2D eigenvalue weighted by molar-refractivity contribution is 6.24. The van der Waals surface area contributed by atoms with E-state index in [0.29, 0.717) is 0 Å². The van der Waals surface area contributed by atoms with Gasteiger partial charge in [-0.2, -0.15) is 0 Å². The second kappa shape index (κ2) is 8.02. The smallest absolute Gasteiger partial charge is 0.144 e. The van der Waals surface area contributed by atoms with E-state index in [9.17, 15) is 0 Å². The zero-order chi connectivity index (χ0) is 25.2. The molecule has 5 aromatic carbocycles. The Hall–Kier alpha value is -4.96. The Morgan fingerprint density at radius 1 is 0.605 bits per heavy atom. The van der Waals surface area contributed by atoms with Crippen molar-refractivity contribution < 1.29 is 4.42 Å². The van der Waals surface area contributed by atoms with Crippen molar-refractivity contribution >= 4 is 54.6 Å².